The van der Waals surface area contributed by atoms with Gasteiger partial charge in [-0.05, 0) is 53.6 Å². The van der Waals surface area contributed by atoms with Gasteiger partial charge in [-0.3, -0.25) is 14.4 Å². The van der Waals surface area contributed by atoms with Crippen LogP contribution < -0.4 is 10.6 Å². The minimum atomic E-state index is -2.69. The number of carbonyl (C=O) groups is 4. The van der Waals surface area contributed by atoms with Crippen molar-refractivity contribution in [2.75, 3.05) is 19.0 Å². The van der Waals surface area contributed by atoms with E-state index in [1.165, 1.54) is 6.07 Å². The Morgan fingerprint density at radius 3 is 2.26 bits per heavy atom. The lowest BCUT2D eigenvalue weighted by atomic mass is 9.59. The Morgan fingerprint density at radius 1 is 1.05 bits per heavy atom. The molecule has 0 radical (unpaired) electrons. The molecule has 11 nitrogen and oxygen atoms in total. The van der Waals surface area contributed by atoms with Crippen LogP contribution in [0.5, 0.6) is 5.75 Å². The van der Waals surface area contributed by atoms with Crippen molar-refractivity contribution in [1.29, 1.82) is 0 Å². The molecule has 0 bridgehead atoms. The van der Waals surface area contributed by atoms with Crippen molar-refractivity contribution in [2.45, 2.75) is 24.9 Å². The number of carboxylic acids is 1. The molecule has 3 unspecified atom stereocenters. The van der Waals surface area contributed by atoms with E-state index in [0.29, 0.717) is 16.7 Å². The second-order valence-electron chi connectivity index (χ2n) is 10.3. The van der Waals surface area contributed by atoms with E-state index in [1.54, 1.807) is 12.1 Å². The average molecular weight is 535 g/mol. The normalized spacial score (nSPS) is 24.2. The van der Waals surface area contributed by atoms with Gasteiger partial charge in [0.05, 0.1) is 5.56 Å². The molecule has 2 aromatic rings. The third kappa shape index (κ3) is 3.61. The van der Waals surface area contributed by atoms with Crippen molar-refractivity contribution in [3.8, 4) is 16.9 Å². The minimum Gasteiger partial charge on any atom is -0.508 e. The minimum absolute atomic E-state index is 0.0244. The van der Waals surface area contributed by atoms with Gasteiger partial charge in [-0.25, -0.2) is 4.79 Å². The quantitative estimate of drug-likeness (QED) is 0.315. The number of aromatic hydroxyl groups is 1. The number of carboxylic acid groups (broad SMARTS) is 1. The number of aliphatic hydroxyl groups excluding tert-OH is 2. The maximum atomic E-state index is 13.7. The molecule has 1 amide bonds. The number of benzene rings is 2. The fourth-order valence-electron chi connectivity index (χ4n) is 6.05. The number of hydrogen-bond donors (Lipinski definition) is 6. The van der Waals surface area contributed by atoms with Crippen molar-refractivity contribution in [2.24, 2.45) is 17.6 Å². The Balaban J connectivity index is 1.75. The number of amides is 1. The zero-order valence-electron chi connectivity index (χ0n) is 21.1. The number of nitrogens with zero attached hydrogens (tertiary/aromatic N) is 1. The van der Waals surface area contributed by atoms with Gasteiger partial charge in [-0.15, -0.1) is 0 Å². The van der Waals surface area contributed by atoms with E-state index < -0.39 is 75.7 Å². The summed E-state index contributed by atoms with van der Waals surface area (Å²) in [6, 6.07) is 8.48. The first kappa shape index (κ1) is 26.0. The standard InChI is InChI=1S/C28H26N2O9/c1-30(2)14-5-3-11(4-6-14)15-10-17(27(37)38)22(32)20-16(15)8-12-7-13-9-18(31)21(26(29)36)25(35)28(13,39)24(34)19(12)23(20)33/h3-6,10,12-13,32-33,35,39H,7-9H2,1-2H3,(H2,29,36)(H,37,38). The number of carbonyl (C=O) groups excluding carboxylic acids is 3. The smallest absolute Gasteiger partial charge is 0.339 e. The Labute approximate surface area is 222 Å². The fourth-order valence-corrected chi connectivity index (χ4v) is 6.05. The van der Waals surface area contributed by atoms with Crippen LogP contribution in [0.3, 0.4) is 0 Å². The average Bonchev–Trinajstić information content (AvgIpc) is 2.86. The summed E-state index contributed by atoms with van der Waals surface area (Å²) in [4.78, 5) is 51.9. The second kappa shape index (κ2) is 8.70. The SMILES string of the molecule is CN(C)c1ccc(-c2cc(C(=O)O)c(O)c3c2CC2CC4CC(=O)C(C(N)=O)=C(O)C4(O)C(=O)C2=C3O)cc1. The van der Waals surface area contributed by atoms with E-state index in [1.807, 2.05) is 31.1 Å². The van der Waals surface area contributed by atoms with Gasteiger partial charge in [0, 0.05) is 37.7 Å². The zero-order valence-corrected chi connectivity index (χ0v) is 21.1. The van der Waals surface area contributed by atoms with Crippen LogP contribution in [0, 0.1) is 11.8 Å². The lowest BCUT2D eigenvalue weighted by Crippen LogP contribution is -2.58. The van der Waals surface area contributed by atoms with Gasteiger partial charge >= 0.3 is 5.97 Å². The molecule has 39 heavy (non-hydrogen) atoms. The summed E-state index contributed by atoms with van der Waals surface area (Å²) in [6.07, 6.45) is -0.389. The number of primary amides is 1. The number of aliphatic hydroxyl groups is 3. The first-order valence-electron chi connectivity index (χ1n) is 12.2. The van der Waals surface area contributed by atoms with E-state index in [4.69, 9.17) is 5.73 Å². The highest BCUT2D eigenvalue weighted by Crippen LogP contribution is 2.53. The van der Waals surface area contributed by atoms with Crippen LogP contribution in [-0.4, -0.2) is 68.7 Å². The number of fused-ring (bicyclic) bond motifs is 3. The highest BCUT2D eigenvalue weighted by Gasteiger charge is 2.60. The fraction of sp³-hybridized carbons (Fsp3) is 0.286. The molecule has 1 fully saturated rings. The Bertz CT molecular complexity index is 1550. The molecule has 3 aliphatic carbocycles. The molecule has 3 aliphatic rings. The zero-order chi connectivity index (χ0) is 28.5. The molecular weight excluding hydrogens is 508 g/mol. The Morgan fingerprint density at radius 2 is 1.69 bits per heavy atom. The van der Waals surface area contributed by atoms with Crippen LogP contribution in [0.4, 0.5) is 5.69 Å². The number of ketones is 2. The number of aromatic carboxylic acids is 1. The summed E-state index contributed by atoms with van der Waals surface area (Å²) in [5.41, 5.74) is 2.82. The summed E-state index contributed by atoms with van der Waals surface area (Å²) in [7, 11) is 3.72. The van der Waals surface area contributed by atoms with Gasteiger partial charge in [0.1, 0.15) is 28.4 Å². The third-order valence-corrected chi connectivity index (χ3v) is 7.99. The van der Waals surface area contributed by atoms with Crippen molar-refractivity contribution in [1.82, 2.24) is 0 Å². The number of rotatable bonds is 4. The first-order valence-corrected chi connectivity index (χ1v) is 12.2. The third-order valence-electron chi connectivity index (χ3n) is 7.99. The van der Waals surface area contributed by atoms with Gasteiger partial charge in [0.25, 0.3) is 5.91 Å². The topological polar surface area (TPSA) is 199 Å². The number of anilines is 1. The van der Waals surface area contributed by atoms with Gasteiger partial charge < -0.3 is 36.2 Å². The van der Waals surface area contributed by atoms with Crippen molar-refractivity contribution >= 4 is 34.9 Å². The number of hydrogen-bond acceptors (Lipinski definition) is 9. The number of phenols is 1. The summed E-state index contributed by atoms with van der Waals surface area (Å²) >= 11 is 0. The van der Waals surface area contributed by atoms with Crippen molar-refractivity contribution in [3.05, 3.63) is 63.9 Å². The van der Waals surface area contributed by atoms with E-state index in [2.05, 4.69) is 0 Å². The second-order valence-corrected chi connectivity index (χ2v) is 10.3. The summed E-state index contributed by atoms with van der Waals surface area (Å²) in [5.74, 6) is -9.22. The predicted octanol–water partition coefficient (Wildman–Crippen LogP) is 1.86. The van der Waals surface area contributed by atoms with Crippen LogP contribution >= 0.6 is 0 Å². The molecule has 0 aromatic heterocycles. The first-order chi connectivity index (χ1) is 18.3. The van der Waals surface area contributed by atoms with Crippen LogP contribution in [0.15, 0.2) is 47.2 Å². The summed E-state index contributed by atoms with van der Waals surface area (Å²) in [5, 5.41) is 54.1. The highest BCUT2D eigenvalue weighted by molar-refractivity contribution is 6.22. The molecule has 11 heteroatoms. The molecule has 0 saturated heterocycles. The molecule has 0 heterocycles. The maximum Gasteiger partial charge on any atom is 0.339 e. The van der Waals surface area contributed by atoms with Crippen LogP contribution in [0.1, 0.15) is 34.3 Å². The largest absolute Gasteiger partial charge is 0.508 e. The maximum absolute atomic E-state index is 13.7. The number of Topliss-reactive ketones (excluding diaryl/α,β-unsaturated/α-hetero) is 2. The van der Waals surface area contributed by atoms with E-state index >= 15 is 0 Å². The molecule has 2 aromatic carbocycles. The summed E-state index contributed by atoms with van der Waals surface area (Å²) in [6.45, 7) is 0. The lowest BCUT2D eigenvalue weighted by Gasteiger charge is -2.46. The van der Waals surface area contributed by atoms with Gasteiger partial charge in [0.2, 0.25) is 5.78 Å². The van der Waals surface area contributed by atoms with Crippen LogP contribution in [-0.2, 0) is 20.8 Å². The Hall–Kier alpha value is -4.64. The van der Waals surface area contributed by atoms with Gasteiger partial charge in [0.15, 0.2) is 11.4 Å². The highest BCUT2D eigenvalue weighted by atomic mass is 16.4. The van der Waals surface area contributed by atoms with Crippen LogP contribution in [0.2, 0.25) is 0 Å². The van der Waals surface area contributed by atoms with Crippen molar-refractivity contribution < 1.29 is 44.7 Å². The molecule has 3 atom stereocenters. The molecule has 0 aliphatic heterocycles. The van der Waals surface area contributed by atoms with E-state index in [-0.39, 0.29) is 24.0 Å². The molecular formula is C28H26N2O9. The van der Waals surface area contributed by atoms with Gasteiger partial charge in [-0.2, -0.15) is 0 Å². The molecule has 0 spiro atoms. The monoisotopic (exact) mass is 534 g/mol. The summed E-state index contributed by atoms with van der Waals surface area (Å²) < 4.78 is 0. The molecule has 202 valence electrons. The lowest BCUT2D eigenvalue weighted by molar-refractivity contribution is -0.147. The van der Waals surface area contributed by atoms with Crippen LogP contribution in [0.25, 0.3) is 16.9 Å². The number of nitrogens with two attached hydrogens (primary N) is 1. The molecule has 1 saturated carbocycles. The van der Waals surface area contributed by atoms with E-state index in [0.717, 1.165) is 5.69 Å². The van der Waals surface area contributed by atoms with Crippen molar-refractivity contribution in [3.63, 3.8) is 0 Å². The Kier molecular flexibility index (Phi) is 5.80. The van der Waals surface area contributed by atoms with E-state index in [9.17, 15) is 44.7 Å². The predicted molar refractivity (Wildman–Crippen MR) is 138 cm³/mol. The molecule has 7 N–H and O–H groups in total. The molecule has 5 rings (SSSR count). The van der Waals surface area contributed by atoms with Gasteiger partial charge in [-0.1, -0.05) is 12.1 Å².